The Balaban J connectivity index is 1.34. The number of carbonyl (C=O) groups is 3. The molecule has 0 aromatic heterocycles. The summed E-state index contributed by atoms with van der Waals surface area (Å²) in [6, 6.07) is 13.8. The van der Waals surface area contributed by atoms with E-state index in [1.54, 1.807) is 42.5 Å². The van der Waals surface area contributed by atoms with Gasteiger partial charge in [-0.15, -0.1) is 0 Å². The van der Waals surface area contributed by atoms with Crippen LogP contribution in [0.4, 0.5) is 21.9 Å². The molecular weight excluding hydrogens is 458 g/mol. The summed E-state index contributed by atoms with van der Waals surface area (Å²) >= 11 is 0. The lowest BCUT2D eigenvalue weighted by Crippen LogP contribution is -2.52. The number of amides is 4. The van der Waals surface area contributed by atoms with Crippen LogP contribution < -0.4 is 25.2 Å². The van der Waals surface area contributed by atoms with Crippen molar-refractivity contribution in [3.8, 4) is 5.75 Å². The smallest absolute Gasteiger partial charge is 0.326 e. The average molecular weight is 494 g/mol. The molecule has 2 aromatic rings. The van der Waals surface area contributed by atoms with Crippen LogP contribution in [0.3, 0.4) is 0 Å². The number of hydrogen-bond donors (Lipinski definition) is 2. The minimum atomic E-state index is -0.415. The summed E-state index contributed by atoms with van der Waals surface area (Å²) in [6.45, 7) is 6.07. The Morgan fingerprint density at radius 1 is 0.972 bits per heavy atom. The third kappa shape index (κ3) is 6.54. The molecule has 0 spiro atoms. The summed E-state index contributed by atoms with van der Waals surface area (Å²) in [7, 11) is 0. The van der Waals surface area contributed by atoms with Crippen LogP contribution in [0.15, 0.2) is 48.5 Å². The molecule has 0 radical (unpaired) electrons. The third-order valence-corrected chi connectivity index (χ3v) is 6.44. The van der Waals surface area contributed by atoms with Crippen LogP contribution in [0.5, 0.6) is 5.75 Å². The molecule has 36 heavy (non-hydrogen) atoms. The van der Waals surface area contributed by atoms with E-state index < -0.39 is 6.03 Å². The van der Waals surface area contributed by atoms with Gasteiger partial charge in [0.05, 0.1) is 18.0 Å². The van der Waals surface area contributed by atoms with Gasteiger partial charge in [-0.25, -0.2) is 4.79 Å². The van der Waals surface area contributed by atoms with E-state index in [1.165, 1.54) is 29.1 Å². The predicted octanol–water partition coefficient (Wildman–Crippen LogP) is 3.46. The number of likely N-dealkylation sites (tertiary alicyclic amines) is 1. The van der Waals surface area contributed by atoms with Crippen molar-refractivity contribution in [2.24, 2.45) is 0 Å². The number of para-hydroxylation sites is 2. The monoisotopic (exact) mass is 493 g/mol. The van der Waals surface area contributed by atoms with Crippen molar-refractivity contribution < 1.29 is 19.1 Å². The van der Waals surface area contributed by atoms with Gasteiger partial charge in [-0.3, -0.25) is 19.4 Å². The molecule has 2 N–H and O–H groups in total. The van der Waals surface area contributed by atoms with Crippen molar-refractivity contribution in [1.29, 1.82) is 0 Å². The lowest BCUT2D eigenvalue weighted by atomic mass is 10.1. The minimum absolute atomic E-state index is 0.0755. The highest BCUT2D eigenvalue weighted by atomic mass is 16.5. The number of rotatable bonds is 9. The molecular formula is C27H35N5O4. The summed E-state index contributed by atoms with van der Waals surface area (Å²) in [5.74, 6) is 0.206. The molecule has 0 saturated carbocycles. The van der Waals surface area contributed by atoms with Gasteiger partial charge in [-0.2, -0.15) is 0 Å². The number of urea groups is 1. The first kappa shape index (κ1) is 25.5. The normalized spacial score (nSPS) is 15.9. The Bertz CT molecular complexity index is 1050. The summed E-state index contributed by atoms with van der Waals surface area (Å²) in [5.41, 5.74) is 1.72. The van der Waals surface area contributed by atoms with E-state index in [0.717, 1.165) is 31.8 Å². The van der Waals surface area contributed by atoms with E-state index in [-0.39, 0.29) is 24.9 Å². The molecule has 192 valence electrons. The molecule has 9 heteroatoms. The quantitative estimate of drug-likeness (QED) is 0.522. The average Bonchev–Trinajstić information content (AvgIpc) is 2.90. The Kier molecular flexibility index (Phi) is 8.78. The molecule has 2 heterocycles. The van der Waals surface area contributed by atoms with E-state index in [9.17, 15) is 14.4 Å². The topological polar surface area (TPSA) is 94.2 Å². The highest BCUT2D eigenvalue weighted by molar-refractivity contribution is 6.15. The lowest BCUT2D eigenvalue weighted by Gasteiger charge is -2.35. The first-order valence-electron chi connectivity index (χ1n) is 12.7. The van der Waals surface area contributed by atoms with Crippen LogP contribution in [0.2, 0.25) is 0 Å². The first-order chi connectivity index (χ1) is 17.5. The van der Waals surface area contributed by atoms with Gasteiger partial charge in [0.15, 0.2) is 0 Å². The van der Waals surface area contributed by atoms with Crippen molar-refractivity contribution in [3.63, 3.8) is 0 Å². The SMILES string of the molecule is CCOc1ccc(NC(=O)N2CC(=O)N(CC(=O)NCCCN3CCCCC3)c3ccccc32)cc1. The largest absolute Gasteiger partial charge is 0.494 e. The summed E-state index contributed by atoms with van der Waals surface area (Å²) < 4.78 is 5.44. The molecule has 1 saturated heterocycles. The molecule has 4 rings (SSSR count). The molecule has 0 bridgehead atoms. The summed E-state index contributed by atoms with van der Waals surface area (Å²) in [5, 5.41) is 5.78. The van der Waals surface area contributed by atoms with Gasteiger partial charge < -0.3 is 20.3 Å². The number of anilines is 3. The van der Waals surface area contributed by atoms with Gasteiger partial charge >= 0.3 is 6.03 Å². The van der Waals surface area contributed by atoms with Crippen LogP contribution in [0.1, 0.15) is 32.6 Å². The maximum absolute atomic E-state index is 13.0. The highest BCUT2D eigenvalue weighted by Crippen LogP contribution is 2.33. The fourth-order valence-electron chi connectivity index (χ4n) is 4.62. The molecule has 0 unspecified atom stereocenters. The van der Waals surface area contributed by atoms with E-state index in [1.807, 2.05) is 13.0 Å². The number of nitrogens with one attached hydrogen (secondary N) is 2. The standard InChI is InChI=1S/C27H35N5O4/c1-2-36-22-13-11-21(12-14-22)29-27(35)32-20-26(34)31(23-9-4-5-10-24(23)32)19-25(33)28-15-8-18-30-16-6-3-7-17-30/h4-5,9-14H,2-3,6-8,15-20H2,1H3,(H,28,33)(H,29,35). The van der Waals surface area contributed by atoms with E-state index in [0.29, 0.717) is 30.2 Å². The summed E-state index contributed by atoms with van der Waals surface area (Å²) in [6.07, 6.45) is 4.69. The van der Waals surface area contributed by atoms with Gasteiger partial charge in [0.25, 0.3) is 0 Å². The van der Waals surface area contributed by atoms with Crippen molar-refractivity contribution in [2.45, 2.75) is 32.6 Å². The second-order valence-corrected chi connectivity index (χ2v) is 9.05. The minimum Gasteiger partial charge on any atom is -0.494 e. The number of ether oxygens (including phenoxy) is 1. The Morgan fingerprint density at radius 2 is 1.69 bits per heavy atom. The molecule has 0 aliphatic carbocycles. The van der Waals surface area contributed by atoms with Crippen molar-refractivity contribution in [1.82, 2.24) is 10.2 Å². The van der Waals surface area contributed by atoms with Crippen LogP contribution >= 0.6 is 0 Å². The third-order valence-electron chi connectivity index (χ3n) is 6.44. The van der Waals surface area contributed by atoms with Gasteiger partial charge in [-0.1, -0.05) is 18.6 Å². The van der Waals surface area contributed by atoms with Crippen molar-refractivity contribution in [3.05, 3.63) is 48.5 Å². The maximum atomic E-state index is 13.0. The van der Waals surface area contributed by atoms with E-state index in [4.69, 9.17) is 4.74 Å². The number of fused-ring (bicyclic) bond motifs is 1. The fourth-order valence-corrected chi connectivity index (χ4v) is 4.62. The molecule has 0 atom stereocenters. The Hall–Kier alpha value is -3.59. The van der Waals surface area contributed by atoms with Crippen LogP contribution in [0, 0.1) is 0 Å². The molecule has 2 aliphatic heterocycles. The van der Waals surface area contributed by atoms with Crippen molar-refractivity contribution >= 4 is 34.9 Å². The second-order valence-electron chi connectivity index (χ2n) is 9.05. The fraction of sp³-hybridized carbons (Fsp3) is 0.444. The molecule has 2 aromatic carbocycles. The zero-order valence-corrected chi connectivity index (χ0v) is 20.9. The van der Waals surface area contributed by atoms with Gasteiger partial charge in [0, 0.05) is 12.2 Å². The van der Waals surface area contributed by atoms with Gasteiger partial charge in [0.2, 0.25) is 11.8 Å². The highest BCUT2D eigenvalue weighted by Gasteiger charge is 2.33. The zero-order chi connectivity index (χ0) is 25.3. The van der Waals surface area contributed by atoms with Crippen LogP contribution in [-0.2, 0) is 9.59 Å². The molecule has 4 amide bonds. The van der Waals surface area contributed by atoms with E-state index >= 15 is 0 Å². The van der Waals surface area contributed by atoms with E-state index in [2.05, 4.69) is 15.5 Å². The van der Waals surface area contributed by atoms with Crippen LogP contribution in [-0.4, -0.2) is 68.6 Å². The number of carbonyl (C=O) groups excluding carboxylic acids is 3. The Morgan fingerprint density at radius 3 is 2.42 bits per heavy atom. The molecule has 1 fully saturated rings. The Labute approximate surface area is 212 Å². The lowest BCUT2D eigenvalue weighted by molar-refractivity contribution is -0.123. The molecule has 2 aliphatic rings. The second kappa shape index (κ2) is 12.4. The van der Waals surface area contributed by atoms with Gasteiger partial charge in [0.1, 0.15) is 18.8 Å². The number of benzene rings is 2. The van der Waals surface area contributed by atoms with Crippen molar-refractivity contribution in [2.75, 3.05) is 61.0 Å². The van der Waals surface area contributed by atoms with Crippen LogP contribution in [0.25, 0.3) is 0 Å². The first-order valence-corrected chi connectivity index (χ1v) is 12.7. The summed E-state index contributed by atoms with van der Waals surface area (Å²) in [4.78, 5) is 44.0. The number of hydrogen-bond acceptors (Lipinski definition) is 5. The predicted molar refractivity (Wildman–Crippen MR) is 141 cm³/mol. The molecule has 9 nitrogen and oxygen atoms in total. The zero-order valence-electron chi connectivity index (χ0n) is 20.9. The number of piperidine rings is 1. The number of nitrogens with zero attached hydrogens (tertiary/aromatic N) is 3. The van der Waals surface area contributed by atoms with Gasteiger partial charge in [-0.05, 0) is 82.2 Å². The maximum Gasteiger partial charge on any atom is 0.326 e.